The van der Waals surface area contributed by atoms with E-state index in [1.807, 2.05) is 0 Å². The van der Waals surface area contributed by atoms with Gasteiger partial charge in [0.15, 0.2) is 0 Å². The molecule has 2 N–H and O–H groups in total. The maximum Gasteiger partial charge on any atom is 0.339 e. The van der Waals surface area contributed by atoms with Crippen molar-refractivity contribution in [2.45, 2.75) is 38.8 Å². The minimum atomic E-state index is 0.991. The summed E-state index contributed by atoms with van der Waals surface area (Å²) in [6.45, 7) is 1.98. The number of nitrogens with zero attached hydrogens (tertiary/aromatic N) is 2. The van der Waals surface area contributed by atoms with Crippen molar-refractivity contribution >= 4 is 44.3 Å². The van der Waals surface area contributed by atoms with Gasteiger partial charge in [0.2, 0.25) is 0 Å². The average molecular weight is 589 g/mol. The van der Waals surface area contributed by atoms with E-state index in [4.69, 9.17) is 0 Å². The highest BCUT2D eigenvalue weighted by molar-refractivity contribution is 7.13. The van der Waals surface area contributed by atoms with Crippen molar-refractivity contribution in [3.63, 3.8) is 0 Å². The van der Waals surface area contributed by atoms with Crippen LogP contribution in [0.15, 0.2) is 132 Å². The molecular formula is C36H36N4S2+2. The largest absolute Gasteiger partial charge is 0.339 e. The lowest BCUT2D eigenvalue weighted by molar-refractivity contribution is -0.670. The SMILES string of the molecule is c1ccc(Nc2scc(-c3ccccc3)[n+]2CCCCCC[n+]2c(-c3ccccc3)csc2Nc2ccccc2)cc1. The summed E-state index contributed by atoms with van der Waals surface area (Å²) < 4.78 is 4.91. The fourth-order valence-electron chi connectivity index (χ4n) is 5.18. The summed E-state index contributed by atoms with van der Waals surface area (Å²) in [5.41, 5.74) is 7.31. The van der Waals surface area contributed by atoms with Gasteiger partial charge in [0, 0.05) is 21.9 Å². The van der Waals surface area contributed by atoms with Crippen LogP contribution in [0, 0.1) is 0 Å². The predicted octanol–water partition coefficient (Wildman–Crippen LogP) is 9.47. The molecule has 0 saturated heterocycles. The molecule has 2 heterocycles. The number of thiazole rings is 2. The standard InChI is InChI=1S/C36H34N4S2/c1(15-25-39-33(29-17-7-3-8-18-29)27-41-35(39)37-31-21-11-5-12-22-31)2-16-26-40-34(30-19-9-4-10-20-30)28-42-36(40)38-32-23-13-6-14-24-32/h3-14,17-24,27-28H,1-2,15-16,25-26H2/p+2. The zero-order chi connectivity index (χ0) is 28.4. The van der Waals surface area contributed by atoms with Crippen molar-refractivity contribution < 1.29 is 9.13 Å². The van der Waals surface area contributed by atoms with E-state index >= 15 is 0 Å². The molecule has 0 fully saturated rings. The molecule has 210 valence electrons. The summed E-state index contributed by atoms with van der Waals surface area (Å²) in [6, 6.07) is 42.4. The van der Waals surface area contributed by atoms with Crippen molar-refractivity contribution in [3.8, 4) is 22.5 Å². The van der Waals surface area contributed by atoms with Gasteiger partial charge in [-0.3, -0.25) is 0 Å². The molecule has 0 aliphatic carbocycles. The summed E-state index contributed by atoms with van der Waals surface area (Å²) in [5, 5.41) is 14.2. The lowest BCUT2D eigenvalue weighted by Crippen LogP contribution is -2.37. The van der Waals surface area contributed by atoms with Crippen LogP contribution in [0.3, 0.4) is 0 Å². The minimum Gasteiger partial charge on any atom is -0.231 e. The van der Waals surface area contributed by atoms with Crippen molar-refractivity contribution in [1.29, 1.82) is 0 Å². The molecule has 4 nitrogen and oxygen atoms in total. The predicted molar refractivity (Wildman–Crippen MR) is 178 cm³/mol. The molecule has 0 spiro atoms. The van der Waals surface area contributed by atoms with Crippen LogP contribution in [0.25, 0.3) is 22.5 Å². The third-order valence-corrected chi connectivity index (χ3v) is 9.11. The van der Waals surface area contributed by atoms with Gasteiger partial charge in [-0.2, -0.15) is 0 Å². The molecule has 0 atom stereocenters. The highest BCUT2D eigenvalue weighted by Crippen LogP contribution is 2.27. The van der Waals surface area contributed by atoms with Crippen molar-refractivity contribution in [3.05, 3.63) is 132 Å². The Morgan fingerprint density at radius 2 is 0.786 bits per heavy atom. The zero-order valence-electron chi connectivity index (χ0n) is 23.7. The Hall–Kier alpha value is -4.26. The third-order valence-electron chi connectivity index (χ3n) is 7.34. The molecule has 0 radical (unpaired) electrons. The van der Waals surface area contributed by atoms with Gasteiger partial charge in [0.05, 0.1) is 13.1 Å². The lowest BCUT2D eigenvalue weighted by Gasteiger charge is -2.08. The Kier molecular flexibility index (Phi) is 9.35. The third kappa shape index (κ3) is 6.96. The van der Waals surface area contributed by atoms with Crippen LogP contribution in [0.5, 0.6) is 0 Å². The van der Waals surface area contributed by atoms with Gasteiger partial charge < -0.3 is 0 Å². The first-order valence-corrected chi connectivity index (χ1v) is 16.4. The van der Waals surface area contributed by atoms with Gasteiger partial charge in [-0.05, 0) is 49.9 Å². The Morgan fingerprint density at radius 3 is 1.17 bits per heavy atom. The number of unbranched alkanes of at least 4 members (excludes halogenated alkanes) is 3. The molecule has 6 aromatic rings. The second-order valence-corrected chi connectivity index (χ2v) is 12.0. The second-order valence-electron chi connectivity index (χ2n) is 10.3. The van der Waals surface area contributed by atoms with Crippen molar-refractivity contribution in [2.24, 2.45) is 0 Å². The van der Waals surface area contributed by atoms with E-state index in [0.717, 1.165) is 37.3 Å². The van der Waals surface area contributed by atoms with Crippen LogP contribution in [-0.4, -0.2) is 0 Å². The summed E-state index contributed by atoms with van der Waals surface area (Å²) >= 11 is 3.55. The molecule has 0 amide bonds. The number of benzene rings is 4. The monoisotopic (exact) mass is 588 g/mol. The minimum absolute atomic E-state index is 0.991. The number of nitrogens with one attached hydrogen (secondary N) is 2. The van der Waals surface area contributed by atoms with Gasteiger partial charge in [0.1, 0.15) is 22.8 Å². The summed E-state index contributed by atoms with van der Waals surface area (Å²) in [6.07, 6.45) is 4.66. The molecule has 6 heteroatoms. The Balaban J connectivity index is 1.11. The molecule has 0 aliphatic heterocycles. The Labute approximate surface area is 256 Å². The fraction of sp³-hybridized carbons (Fsp3) is 0.167. The lowest BCUT2D eigenvalue weighted by atomic mass is 10.1. The van der Waals surface area contributed by atoms with Crippen LogP contribution in [0.4, 0.5) is 21.6 Å². The maximum atomic E-state index is 3.65. The molecule has 0 saturated carbocycles. The first-order chi connectivity index (χ1) is 20.8. The first-order valence-electron chi connectivity index (χ1n) is 14.6. The van der Waals surface area contributed by atoms with E-state index < -0.39 is 0 Å². The molecule has 42 heavy (non-hydrogen) atoms. The summed E-state index contributed by atoms with van der Waals surface area (Å²) in [5.74, 6) is 0. The van der Waals surface area contributed by atoms with E-state index in [-0.39, 0.29) is 0 Å². The number of aromatic nitrogens is 2. The molecule has 6 rings (SSSR count). The number of hydrogen-bond donors (Lipinski definition) is 2. The van der Waals surface area contributed by atoms with Crippen LogP contribution < -0.4 is 19.8 Å². The van der Waals surface area contributed by atoms with E-state index in [2.05, 4.69) is 152 Å². The molecule has 0 aliphatic rings. The second kappa shape index (κ2) is 14.1. The molecular weight excluding hydrogens is 553 g/mol. The Bertz CT molecular complexity index is 1540. The number of para-hydroxylation sites is 2. The van der Waals surface area contributed by atoms with Gasteiger partial charge in [-0.1, -0.05) is 120 Å². The summed E-state index contributed by atoms with van der Waals surface area (Å²) in [4.78, 5) is 0. The average Bonchev–Trinajstić information content (AvgIpc) is 3.64. The van der Waals surface area contributed by atoms with Gasteiger partial charge in [-0.15, -0.1) is 0 Å². The normalized spacial score (nSPS) is 11.0. The smallest absolute Gasteiger partial charge is 0.231 e. The van der Waals surface area contributed by atoms with Crippen LogP contribution >= 0.6 is 22.7 Å². The van der Waals surface area contributed by atoms with Crippen molar-refractivity contribution in [2.75, 3.05) is 10.6 Å². The van der Waals surface area contributed by atoms with Gasteiger partial charge >= 0.3 is 10.3 Å². The molecule has 0 bridgehead atoms. The van der Waals surface area contributed by atoms with E-state index in [9.17, 15) is 0 Å². The first kappa shape index (κ1) is 27.9. The van der Waals surface area contributed by atoms with E-state index in [0.29, 0.717) is 0 Å². The number of anilines is 4. The Morgan fingerprint density at radius 1 is 0.429 bits per heavy atom. The number of rotatable bonds is 13. The van der Waals surface area contributed by atoms with Gasteiger partial charge in [0.25, 0.3) is 0 Å². The molecule has 0 unspecified atom stereocenters. The van der Waals surface area contributed by atoms with E-state index in [1.165, 1.54) is 45.6 Å². The highest BCUT2D eigenvalue weighted by Gasteiger charge is 2.21. The summed E-state index contributed by atoms with van der Waals surface area (Å²) in [7, 11) is 0. The van der Waals surface area contributed by atoms with Crippen LogP contribution in [-0.2, 0) is 13.1 Å². The fourth-order valence-corrected chi connectivity index (χ4v) is 7.14. The van der Waals surface area contributed by atoms with Crippen molar-refractivity contribution in [1.82, 2.24) is 0 Å². The quantitative estimate of drug-likeness (QED) is 0.104. The van der Waals surface area contributed by atoms with Gasteiger partial charge in [-0.25, -0.2) is 19.8 Å². The molecule has 2 aromatic heterocycles. The number of hydrogen-bond acceptors (Lipinski definition) is 4. The maximum absolute atomic E-state index is 3.65. The zero-order valence-corrected chi connectivity index (χ0v) is 25.3. The van der Waals surface area contributed by atoms with Crippen LogP contribution in [0.2, 0.25) is 0 Å². The molecule has 4 aromatic carbocycles. The topological polar surface area (TPSA) is 31.8 Å². The van der Waals surface area contributed by atoms with Crippen LogP contribution in [0.1, 0.15) is 25.7 Å². The van der Waals surface area contributed by atoms with E-state index in [1.54, 1.807) is 22.7 Å². The highest BCUT2D eigenvalue weighted by atomic mass is 32.1.